The standard InChI is InChI=1S/C25H31N3O3/c1-5-9-19-13-14-22(23(17-19)30-4)31-16-15-28-21-12-8-7-11-20(21)27-25(28)18(3)26-24(29)10-6-2/h5,7-8,11-14,17-18H,1,6,9-10,15-16H2,2-4H3,(H,26,29). The van der Waals surface area contributed by atoms with Crippen LogP contribution in [0, 0.1) is 0 Å². The van der Waals surface area contributed by atoms with Crippen molar-refractivity contribution < 1.29 is 14.3 Å². The number of ether oxygens (including phenoxy) is 2. The van der Waals surface area contributed by atoms with Gasteiger partial charge < -0.3 is 19.4 Å². The highest BCUT2D eigenvalue weighted by Gasteiger charge is 2.18. The molecule has 0 radical (unpaired) electrons. The second kappa shape index (κ2) is 10.7. The summed E-state index contributed by atoms with van der Waals surface area (Å²) in [7, 11) is 1.64. The second-order valence-electron chi connectivity index (χ2n) is 7.48. The van der Waals surface area contributed by atoms with Gasteiger partial charge in [0.2, 0.25) is 5.91 Å². The van der Waals surface area contributed by atoms with Gasteiger partial charge in [-0.2, -0.15) is 0 Å². The lowest BCUT2D eigenvalue weighted by Gasteiger charge is -2.17. The van der Waals surface area contributed by atoms with Crippen molar-refractivity contribution in [1.82, 2.24) is 14.9 Å². The summed E-state index contributed by atoms with van der Waals surface area (Å²) in [5, 5.41) is 3.05. The number of hydrogen-bond acceptors (Lipinski definition) is 4. The highest BCUT2D eigenvalue weighted by Crippen LogP contribution is 2.29. The molecule has 6 heteroatoms. The first kappa shape index (κ1) is 22.4. The van der Waals surface area contributed by atoms with Gasteiger partial charge in [-0.15, -0.1) is 6.58 Å². The van der Waals surface area contributed by atoms with Crippen LogP contribution in [0.2, 0.25) is 0 Å². The first-order valence-corrected chi connectivity index (χ1v) is 10.7. The van der Waals surface area contributed by atoms with Crippen LogP contribution in [0.4, 0.5) is 0 Å². The summed E-state index contributed by atoms with van der Waals surface area (Å²) < 4.78 is 13.7. The summed E-state index contributed by atoms with van der Waals surface area (Å²) in [5.74, 6) is 2.26. The SMILES string of the molecule is C=CCc1ccc(OCCn2c(C(C)NC(=O)CCC)nc3ccccc32)c(OC)c1. The van der Waals surface area contributed by atoms with Crippen molar-refractivity contribution >= 4 is 16.9 Å². The van der Waals surface area contributed by atoms with Crippen LogP contribution in [0.3, 0.4) is 0 Å². The Bertz CT molecular complexity index is 1040. The summed E-state index contributed by atoms with van der Waals surface area (Å²) in [5.41, 5.74) is 3.05. The van der Waals surface area contributed by atoms with Crippen molar-refractivity contribution in [2.45, 2.75) is 45.7 Å². The first-order valence-electron chi connectivity index (χ1n) is 10.7. The molecule has 6 nitrogen and oxygen atoms in total. The van der Waals surface area contributed by atoms with Crippen molar-refractivity contribution in [3.63, 3.8) is 0 Å². The molecule has 0 aliphatic carbocycles. The van der Waals surface area contributed by atoms with E-state index in [0.717, 1.165) is 35.3 Å². The van der Waals surface area contributed by atoms with E-state index >= 15 is 0 Å². The highest BCUT2D eigenvalue weighted by molar-refractivity contribution is 5.78. The minimum Gasteiger partial charge on any atom is -0.493 e. The molecule has 1 aromatic heterocycles. The van der Waals surface area contributed by atoms with E-state index in [4.69, 9.17) is 14.5 Å². The molecule has 0 saturated carbocycles. The molecule has 1 unspecified atom stereocenters. The van der Waals surface area contributed by atoms with E-state index in [0.29, 0.717) is 31.1 Å². The van der Waals surface area contributed by atoms with Crippen molar-refractivity contribution in [3.05, 3.63) is 66.5 Å². The molecule has 31 heavy (non-hydrogen) atoms. The molecule has 0 aliphatic heterocycles. The fourth-order valence-corrected chi connectivity index (χ4v) is 3.64. The molecule has 3 rings (SSSR count). The maximum absolute atomic E-state index is 12.1. The van der Waals surface area contributed by atoms with Gasteiger partial charge in [-0.25, -0.2) is 4.98 Å². The largest absolute Gasteiger partial charge is 0.493 e. The number of methoxy groups -OCH3 is 1. The lowest BCUT2D eigenvalue weighted by atomic mass is 10.1. The van der Waals surface area contributed by atoms with E-state index in [2.05, 4.69) is 16.5 Å². The van der Waals surface area contributed by atoms with Crippen LogP contribution in [0.1, 0.15) is 44.1 Å². The van der Waals surface area contributed by atoms with Crippen LogP contribution < -0.4 is 14.8 Å². The normalized spacial score (nSPS) is 11.8. The summed E-state index contributed by atoms with van der Waals surface area (Å²) >= 11 is 0. The van der Waals surface area contributed by atoms with Crippen LogP contribution in [-0.2, 0) is 17.8 Å². The average Bonchev–Trinajstić information content (AvgIpc) is 3.14. The third kappa shape index (κ3) is 5.45. The van der Waals surface area contributed by atoms with E-state index in [1.54, 1.807) is 7.11 Å². The predicted octanol–water partition coefficient (Wildman–Crippen LogP) is 4.83. The summed E-state index contributed by atoms with van der Waals surface area (Å²) in [6.07, 6.45) is 3.97. The van der Waals surface area contributed by atoms with Gasteiger partial charge in [0, 0.05) is 6.42 Å². The van der Waals surface area contributed by atoms with Gasteiger partial charge in [-0.3, -0.25) is 4.79 Å². The van der Waals surface area contributed by atoms with E-state index in [1.165, 1.54) is 0 Å². The van der Waals surface area contributed by atoms with Gasteiger partial charge >= 0.3 is 0 Å². The summed E-state index contributed by atoms with van der Waals surface area (Å²) in [6.45, 7) is 8.78. The predicted molar refractivity (Wildman–Crippen MR) is 124 cm³/mol. The molecule has 1 atom stereocenters. The van der Waals surface area contributed by atoms with E-state index in [-0.39, 0.29) is 11.9 Å². The van der Waals surface area contributed by atoms with E-state index in [1.807, 2.05) is 62.4 Å². The maximum Gasteiger partial charge on any atom is 0.220 e. The molecule has 0 aliphatic rings. The fourth-order valence-electron chi connectivity index (χ4n) is 3.64. The van der Waals surface area contributed by atoms with E-state index in [9.17, 15) is 4.79 Å². The molecule has 2 aromatic carbocycles. The number of carbonyl (C=O) groups excluding carboxylic acids is 1. The third-order valence-corrected chi connectivity index (χ3v) is 5.11. The number of fused-ring (bicyclic) bond motifs is 1. The molecular formula is C25H31N3O3. The fraction of sp³-hybridized carbons (Fsp3) is 0.360. The number of aromatic nitrogens is 2. The van der Waals surface area contributed by atoms with Gasteiger partial charge in [0.05, 0.1) is 30.7 Å². The van der Waals surface area contributed by atoms with Gasteiger partial charge in [0.25, 0.3) is 0 Å². The Morgan fingerprint density at radius 3 is 2.81 bits per heavy atom. The van der Waals surface area contributed by atoms with Gasteiger partial charge in [0.1, 0.15) is 12.4 Å². The van der Waals surface area contributed by atoms with Crippen molar-refractivity contribution in [1.29, 1.82) is 0 Å². The molecule has 1 N–H and O–H groups in total. The Morgan fingerprint density at radius 2 is 2.06 bits per heavy atom. The maximum atomic E-state index is 12.1. The van der Waals surface area contributed by atoms with Gasteiger partial charge in [-0.1, -0.05) is 31.2 Å². The number of para-hydroxylation sites is 2. The molecule has 0 bridgehead atoms. The Balaban J connectivity index is 1.78. The van der Waals surface area contributed by atoms with E-state index < -0.39 is 0 Å². The zero-order valence-corrected chi connectivity index (χ0v) is 18.6. The van der Waals surface area contributed by atoms with Crippen LogP contribution in [0.15, 0.2) is 55.1 Å². The topological polar surface area (TPSA) is 65.4 Å². The lowest BCUT2D eigenvalue weighted by Crippen LogP contribution is -2.28. The number of benzene rings is 2. The molecular weight excluding hydrogens is 390 g/mol. The number of nitrogens with one attached hydrogen (secondary N) is 1. The zero-order valence-electron chi connectivity index (χ0n) is 18.6. The monoisotopic (exact) mass is 421 g/mol. The molecule has 3 aromatic rings. The Morgan fingerprint density at radius 1 is 1.26 bits per heavy atom. The molecule has 0 saturated heterocycles. The number of nitrogens with zero attached hydrogens (tertiary/aromatic N) is 2. The second-order valence-corrected chi connectivity index (χ2v) is 7.48. The minimum atomic E-state index is -0.195. The van der Waals surface area contributed by atoms with Crippen LogP contribution in [0.5, 0.6) is 11.5 Å². The van der Waals surface area contributed by atoms with Crippen LogP contribution >= 0.6 is 0 Å². The number of carbonyl (C=O) groups is 1. The summed E-state index contributed by atoms with van der Waals surface area (Å²) in [4.78, 5) is 16.9. The molecule has 1 heterocycles. The molecule has 1 amide bonds. The molecule has 0 fully saturated rings. The lowest BCUT2D eigenvalue weighted by molar-refractivity contribution is -0.121. The van der Waals surface area contributed by atoms with Gasteiger partial charge in [0.15, 0.2) is 11.5 Å². The quantitative estimate of drug-likeness (QED) is 0.451. The number of rotatable bonds is 11. The number of imidazole rings is 1. The number of allylic oxidation sites excluding steroid dienone is 1. The Hall–Kier alpha value is -3.28. The third-order valence-electron chi connectivity index (χ3n) is 5.11. The number of hydrogen-bond donors (Lipinski definition) is 1. The van der Waals surface area contributed by atoms with Crippen LogP contribution in [0.25, 0.3) is 11.0 Å². The first-order chi connectivity index (χ1) is 15.1. The van der Waals surface area contributed by atoms with Crippen LogP contribution in [-0.4, -0.2) is 29.2 Å². The van der Waals surface area contributed by atoms with Gasteiger partial charge in [-0.05, 0) is 49.6 Å². The molecule has 164 valence electrons. The van der Waals surface area contributed by atoms with Crippen molar-refractivity contribution in [2.24, 2.45) is 0 Å². The Labute approximate surface area is 183 Å². The smallest absolute Gasteiger partial charge is 0.220 e. The zero-order chi connectivity index (χ0) is 22.2. The van der Waals surface area contributed by atoms with Crippen molar-refractivity contribution in [3.8, 4) is 11.5 Å². The average molecular weight is 422 g/mol. The Kier molecular flexibility index (Phi) is 7.70. The minimum absolute atomic E-state index is 0.0363. The van der Waals surface area contributed by atoms with Crippen molar-refractivity contribution in [2.75, 3.05) is 13.7 Å². The number of amides is 1. The summed E-state index contributed by atoms with van der Waals surface area (Å²) in [6, 6.07) is 13.7. The molecule has 0 spiro atoms. The highest BCUT2D eigenvalue weighted by atomic mass is 16.5.